The Kier molecular flexibility index (Phi) is 3.70. The normalized spacial score (nSPS) is 12.5. The minimum absolute atomic E-state index is 0.172. The molecule has 0 spiro atoms. The number of rotatable bonds is 4. The minimum Gasteiger partial charge on any atom is -0.382 e. The van der Waals surface area contributed by atoms with Crippen LogP contribution >= 0.6 is 11.3 Å². The van der Waals surface area contributed by atoms with Gasteiger partial charge in [0.1, 0.15) is 5.82 Å². The summed E-state index contributed by atoms with van der Waals surface area (Å²) >= 11 is 1.75. The lowest BCUT2D eigenvalue weighted by Crippen LogP contribution is -2.18. The standard InChI is InChI=1S/C17H16FNS/c1-12(9-13-3-2-4-15(18)10-13)19-16-5-6-17-14(11-16)7-8-20-17/h2-8,10-12,19H,9H2,1H3. The van der Waals surface area contributed by atoms with Crippen molar-refractivity contribution in [1.82, 2.24) is 0 Å². The van der Waals surface area contributed by atoms with Crippen molar-refractivity contribution in [2.75, 3.05) is 5.32 Å². The first-order valence-corrected chi connectivity index (χ1v) is 7.57. The van der Waals surface area contributed by atoms with E-state index in [1.165, 1.54) is 16.2 Å². The van der Waals surface area contributed by atoms with Crippen molar-refractivity contribution in [3.63, 3.8) is 0 Å². The second-order valence-electron chi connectivity index (χ2n) is 5.05. The number of halogens is 1. The van der Waals surface area contributed by atoms with Gasteiger partial charge in [-0.25, -0.2) is 4.39 Å². The highest BCUT2D eigenvalue weighted by Crippen LogP contribution is 2.24. The lowest BCUT2D eigenvalue weighted by molar-refractivity contribution is 0.624. The molecule has 0 aliphatic heterocycles. The highest BCUT2D eigenvalue weighted by molar-refractivity contribution is 7.17. The van der Waals surface area contributed by atoms with E-state index in [1.54, 1.807) is 23.5 Å². The fourth-order valence-corrected chi connectivity index (χ4v) is 3.18. The third-order valence-electron chi connectivity index (χ3n) is 3.30. The number of thiophene rings is 1. The fraction of sp³-hybridized carbons (Fsp3) is 0.176. The summed E-state index contributed by atoms with van der Waals surface area (Å²) in [5.74, 6) is -0.172. The van der Waals surface area contributed by atoms with Crippen LogP contribution in [0.2, 0.25) is 0 Å². The van der Waals surface area contributed by atoms with Crippen LogP contribution in [0.25, 0.3) is 10.1 Å². The Labute approximate surface area is 122 Å². The molecule has 1 N–H and O–H groups in total. The van der Waals surface area contributed by atoms with Gasteiger partial charge in [-0.05, 0) is 66.1 Å². The van der Waals surface area contributed by atoms with Gasteiger partial charge in [-0.1, -0.05) is 12.1 Å². The number of nitrogens with one attached hydrogen (secondary N) is 1. The summed E-state index contributed by atoms with van der Waals surface area (Å²) in [4.78, 5) is 0. The molecule has 1 aromatic heterocycles. The van der Waals surface area contributed by atoms with Crippen LogP contribution in [0.1, 0.15) is 12.5 Å². The van der Waals surface area contributed by atoms with E-state index in [2.05, 4.69) is 41.9 Å². The monoisotopic (exact) mass is 285 g/mol. The summed E-state index contributed by atoms with van der Waals surface area (Å²) in [6, 6.07) is 15.6. The third kappa shape index (κ3) is 2.99. The molecule has 0 fully saturated rings. The average Bonchev–Trinajstić information content (AvgIpc) is 2.86. The van der Waals surface area contributed by atoms with Crippen LogP contribution in [-0.2, 0) is 6.42 Å². The van der Waals surface area contributed by atoms with E-state index in [0.717, 1.165) is 17.7 Å². The largest absolute Gasteiger partial charge is 0.382 e. The maximum atomic E-state index is 13.2. The Morgan fingerprint density at radius 3 is 2.90 bits per heavy atom. The zero-order valence-electron chi connectivity index (χ0n) is 11.3. The molecule has 3 heteroatoms. The maximum absolute atomic E-state index is 13.2. The predicted octanol–water partition coefficient (Wildman–Crippen LogP) is 5.08. The smallest absolute Gasteiger partial charge is 0.123 e. The van der Waals surface area contributed by atoms with E-state index >= 15 is 0 Å². The van der Waals surface area contributed by atoms with Gasteiger partial charge >= 0.3 is 0 Å². The molecule has 0 aliphatic rings. The molecule has 20 heavy (non-hydrogen) atoms. The van der Waals surface area contributed by atoms with E-state index in [9.17, 15) is 4.39 Å². The first-order valence-electron chi connectivity index (χ1n) is 6.69. The molecule has 0 amide bonds. The molecule has 102 valence electrons. The predicted molar refractivity (Wildman–Crippen MR) is 85.0 cm³/mol. The molecule has 0 saturated carbocycles. The Bertz CT molecular complexity index is 720. The van der Waals surface area contributed by atoms with Crippen LogP contribution in [0.3, 0.4) is 0 Å². The van der Waals surface area contributed by atoms with Crippen LogP contribution in [0.15, 0.2) is 53.9 Å². The van der Waals surface area contributed by atoms with Gasteiger partial charge in [0, 0.05) is 16.4 Å². The number of hydrogen-bond acceptors (Lipinski definition) is 2. The molecule has 1 heterocycles. The van der Waals surface area contributed by atoms with E-state index in [0.29, 0.717) is 0 Å². The van der Waals surface area contributed by atoms with Crippen molar-refractivity contribution >= 4 is 27.1 Å². The maximum Gasteiger partial charge on any atom is 0.123 e. The van der Waals surface area contributed by atoms with Crippen LogP contribution in [0.4, 0.5) is 10.1 Å². The van der Waals surface area contributed by atoms with Crippen molar-refractivity contribution in [3.8, 4) is 0 Å². The SMILES string of the molecule is CC(Cc1cccc(F)c1)Nc1ccc2sccc2c1. The Morgan fingerprint density at radius 1 is 1.15 bits per heavy atom. The molecule has 0 aliphatic carbocycles. The number of benzene rings is 2. The van der Waals surface area contributed by atoms with Gasteiger partial charge in [0.25, 0.3) is 0 Å². The van der Waals surface area contributed by atoms with E-state index in [1.807, 2.05) is 6.07 Å². The molecule has 0 radical (unpaired) electrons. The molecule has 1 unspecified atom stereocenters. The zero-order valence-corrected chi connectivity index (χ0v) is 12.1. The summed E-state index contributed by atoms with van der Waals surface area (Å²) < 4.78 is 14.5. The summed E-state index contributed by atoms with van der Waals surface area (Å²) in [6.07, 6.45) is 0.805. The van der Waals surface area contributed by atoms with E-state index < -0.39 is 0 Å². The van der Waals surface area contributed by atoms with Crippen molar-refractivity contribution in [1.29, 1.82) is 0 Å². The quantitative estimate of drug-likeness (QED) is 0.704. The summed E-state index contributed by atoms with van der Waals surface area (Å²) in [5, 5.41) is 6.84. The Morgan fingerprint density at radius 2 is 2.05 bits per heavy atom. The lowest BCUT2D eigenvalue weighted by Gasteiger charge is -2.15. The fourth-order valence-electron chi connectivity index (χ4n) is 2.41. The lowest BCUT2D eigenvalue weighted by atomic mass is 10.1. The summed E-state index contributed by atoms with van der Waals surface area (Å²) in [5.41, 5.74) is 2.13. The first-order chi connectivity index (χ1) is 9.70. The highest BCUT2D eigenvalue weighted by Gasteiger charge is 2.05. The third-order valence-corrected chi connectivity index (χ3v) is 4.19. The molecule has 1 atom stereocenters. The zero-order chi connectivity index (χ0) is 13.9. The Hall–Kier alpha value is -1.87. The van der Waals surface area contributed by atoms with Gasteiger partial charge < -0.3 is 5.32 Å². The van der Waals surface area contributed by atoms with Crippen molar-refractivity contribution < 1.29 is 4.39 Å². The van der Waals surface area contributed by atoms with Crippen LogP contribution in [0.5, 0.6) is 0 Å². The number of anilines is 1. The van der Waals surface area contributed by atoms with Gasteiger partial charge in [-0.15, -0.1) is 11.3 Å². The van der Waals surface area contributed by atoms with Gasteiger partial charge in [-0.2, -0.15) is 0 Å². The molecular formula is C17H16FNS. The van der Waals surface area contributed by atoms with Gasteiger partial charge in [0.15, 0.2) is 0 Å². The van der Waals surface area contributed by atoms with Crippen LogP contribution < -0.4 is 5.32 Å². The summed E-state index contributed by atoms with van der Waals surface area (Å²) in [6.45, 7) is 2.11. The van der Waals surface area contributed by atoms with Gasteiger partial charge in [0.2, 0.25) is 0 Å². The molecule has 1 nitrogen and oxygen atoms in total. The topological polar surface area (TPSA) is 12.0 Å². The molecule has 2 aromatic carbocycles. The Balaban J connectivity index is 1.70. The molecule has 0 saturated heterocycles. The molecule has 0 bridgehead atoms. The number of hydrogen-bond donors (Lipinski definition) is 1. The second-order valence-corrected chi connectivity index (χ2v) is 6.00. The van der Waals surface area contributed by atoms with Crippen LogP contribution in [0, 0.1) is 5.82 Å². The number of fused-ring (bicyclic) bond motifs is 1. The van der Waals surface area contributed by atoms with E-state index in [4.69, 9.17) is 0 Å². The summed E-state index contributed by atoms with van der Waals surface area (Å²) in [7, 11) is 0. The minimum atomic E-state index is -0.172. The molecular weight excluding hydrogens is 269 g/mol. The van der Waals surface area contributed by atoms with Gasteiger partial charge in [-0.3, -0.25) is 0 Å². The van der Waals surface area contributed by atoms with Gasteiger partial charge in [0.05, 0.1) is 0 Å². The van der Waals surface area contributed by atoms with Crippen molar-refractivity contribution in [2.24, 2.45) is 0 Å². The molecule has 3 rings (SSSR count). The highest BCUT2D eigenvalue weighted by atomic mass is 32.1. The second kappa shape index (κ2) is 5.63. The van der Waals surface area contributed by atoms with Crippen molar-refractivity contribution in [3.05, 3.63) is 65.3 Å². The van der Waals surface area contributed by atoms with Crippen molar-refractivity contribution in [2.45, 2.75) is 19.4 Å². The first kappa shape index (κ1) is 13.1. The average molecular weight is 285 g/mol. The van der Waals surface area contributed by atoms with E-state index in [-0.39, 0.29) is 11.9 Å². The van der Waals surface area contributed by atoms with Crippen LogP contribution in [-0.4, -0.2) is 6.04 Å². The molecule has 3 aromatic rings.